The van der Waals surface area contributed by atoms with E-state index in [0.29, 0.717) is 17.0 Å². The summed E-state index contributed by atoms with van der Waals surface area (Å²) in [5, 5.41) is 33.9. The van der Waals surface area contributed by atoms with Crippen LogP contribution >= 0.6 is 0 Å². The molecule has 3 heterocycles. The van der Waals surface area contributed by atoms with E-state index >= 15 is 0 Å². The second kappa shape index (κ2) is 8.86. The van der Waals surface area contributed by atoms with Gasteiger partial charge in [0.2, 0.25) is 0 Å². The number of benzene rings is 2. The van der Waals surface area contributed by atoms with E-state index in [4.69, 9.17) is 9.84 Å². The fourth-order valence-corrected chi connectivity index (χ4v) is 4.28. The van der Waals surface area contributed by atoms with Crippen LogP contribution in [0.2, 0.25) is 0 Å². The van der Waals surface area contributed by atoms with Crippen molar-refractivity contribution in [2.45, 2.75) is 37.9 Å². The van der Waals surface area contributed by atoms with E-state index in [1.54, 1.807) is 35.8 Å². The van der Waals surface area contributed by atoms with Crippen LogP contribution in [0.5, 0.6) is 0 Å². The number of aliphatic hydroxyl groups excluding tert-OH is 2. The van der Waals surface area contributed by atoms with E-state index in [1.165, 1.54) is 6.33 Å². The van der Waals surface area contributed by atoms with Gasteiger partial charge in [-0.3, -0.25) is 4.79 Å². The van der Waals surface area contributed by atoms with Crippen LogP contribution in [0.15, 0.2) is 67.1 Å². The van der Waals surface area contributed by atoms with Gasteiger partial charge in [0.25, 0.3) is 0 Å². The Balaban J connectivity index is 1.61. The van der Waals surface area contributed by atoms with Gasteiger partial charge < -0.3 is 29.9 Å². The maximum Gasteiger partial charge on any atom is 0.307 e. The molecule has 1 fully saturated rings. The summed E-state index contributed by atoms with van der Waals surface area (Å²) in [5.41, 5.74) is 3.75. The number of carboxylic acid groups (broad SMARTS) is 1. The number of hydrogen-bond acceptors (Lipinski definition) is 7. The first-order valence-electron chi connectivity index (χ1n) is 10.9. The summed E-state index contributed by atoms with van der Waals surface area (Å²) in [6.45, 7) is 1.72. The summed E-state index contributed by atoms with van der Waals surface area (Å²) in [6.07, 6.45) is -0.213. The number of ether oxygens (including phenoxy) is 1. The number of nitrogens with one attached hydrogen (secondary N) is 1. The Morgan fingerprint density at radius 2 is 1.79 bits per heavy atom. The predicted octanol–water partition coefficient (Wildman–Crippen LogP) is 3.11. The Kier molecular flexibility index (Phi) is 5.74. The highest BCUT2D eigenvalue weighted by atomic mass is 16.6. The first kappa shape index (κ1) is 22.0. The number of aromatic nitrogens is 3. The molecule has 0 spiro atoms. The number of hydrogen-bond donors (Lipinski definition) is 4. The maximum absolute atomic E-state index is 11.0. The highest BCUT2D eigenvalue weighted by molar-refractivity contribution is 6.02. The minimum Gasteiger partial charge on any atom is -0.481 e. The monoisotopic (exact) mass is 460 g/mol. The number of carbonyl (C=O) groups is 1. The van der Waals surface area contributed by atoms with E-state index in [-0.39, 0.29) is 6.42 Å². The van der Waals surface area contributed by atoms with Gasteiger partial charge in [0.05, 0.1) is 17.9 Å². The molecule has 34 heavy (non-hydrogen) atoms. The van der Waals surface area contributed by atoms with Gasteiger partial charge >= 0.3 is 5.97 Å². The Morgan fingerprint density at radius 1 is 1.06 bits per heavy atom. The van der Waals surface area contributed by atoms with Crippen molar-refractivity contribution in [3.05, 3.63) is 72.7 Å². The third-order valence-electron chi connectivity index (χ3n) is 6.02. The average Bonchev–Trinajstić information content (AvgIpc) is 3.34. The molecule has 0 saturated carbocycles. The Hall–Kier alpha value is -3.79. The third-order valence-corrected chi connectivity index (χ3v) is 6.02. The second-order valence-corrected chi connectivity index (χ2v) is 8.34. The normalized spacial score (nSPS) is 22.2. The molecule has 0 radical (unpaired) electrons. The van der Waals surface area contributed by atoms with Crippen molar-refractivity contribution in [2.75, 3.05) is 5.32 Å². The number of carboxylic acids is 1. The van der Waals surface area contributed by atoms with Crippen molar-refractivity contribution in [3.63, 3.8) is 0 Å². The molecule has 4 aromatic rings. The Morgan fingerprint density at radius 3 is 2.44 bits per heavy atom. The smallest absolute Gasteiger partial charge is 0.307 e. The molecule has 2 aromatic carbocycles. The lowest BCUT2D eigenvalue weighted by atomic mass is 10.1. The second-order valence-electron chi connectivity index (χ2n) is 8.34. The quantitative estimate of drug-likeness (QED) is 0.345. The van der Waals surface area contributed by atoms with Gasteiger partial charge in [-0.1, -0.05) is 42.5 Å². The molecule has 9 nitrogen and oxygen atoms in total. The van der Waals surface area contributed by atoms with Gasteiger partial charge in [-0.2, -0.15) is 0 Å². The van der Waals surface area contributed by atoms with E-state index in [1.807, 2.05) is 36.5 Å². The topological polar surface area (TPSA) is 130 Å². The Bertz CT molecular complexity index is 1320. The summed E-state index contributed by atoms with van der Waals surface area (Å²) >= 11 is 0. The molecule has 4 atom stereocenters. The molecule has 0 amide bonds. The van der Waals surface area contributed by atoms with Crippen molar-refractivity contribution < 1.29 is 24.9 Å². The largest absolute Gasteiger partial charge is 0.481 e. The minimum absolute atomic E-state index is 0.0486. The molecule has 1 saturated heterocycles. The molecule has 0 aliphatic carbocycles. The lowest BCUT2D eigenvalue weighted by Gasteiger charge is -2.17. The van der Waals surface area contributed by atoms with E-state index in [9.17, 15) is 15.0 Å². The predicted molar refractivity (Wildman–Crippen MR) is 126 cm³/mol. The zero-order chi connectivity index (χ0) is 23.8. The van der Waals surface area contributed by atoms with Crippen LogP contribution in [0.4, 0.5) is 11.5 Å². The SMILES string of the molecule is C[C@H]1O[C@@H](n2cc(-c3ccccc3)c3c(Nc4ccc(CC(=O)O)cc4)ncnc32)[C@H](O)[C@@H]1O. The molecule has 0 bridgehead atoms. The van der Waals surface area contributed by atoms with Crippen LogP contribution in [-0.4, -0.2) is 54.1 Å². The average molecular weight is 460 g/mol. The van der Waals surface area contributed by atoms with Crippen LogP contribution in [0.25, 0.3) is 22.2 Å². The van der Waals surface area contributed by atoms with Crippen molar-refractivity contribution in [1.82, 2.24) is 14.5 Å². The van der Waals surface area contributed by atoms with E-state index < -0.39 is 30.5 Å². The summed E-state index contributed by atoms with van der Waals surface area (Å²) in [6, 6.07) is 16.8. The van der Waals surface area contributed by atoms with Crippen molar-refractivity contribution in [3.8, 4) is 11.1 Å². The van der Waals surface area contributed by atoms with Crippen molar-refractivity contribution in [2.24, 2.45) is 0 Å². The fourth-order valence-electron chi connectivity index (χ4n) is 4.28. The molecule has 2 aromatic heterocycles. The standard InChI is InChI=1S/C25H24N4O5/c1-14-21(32)22(33)25(34-14)29-12-18(16-5-3-2-4-6-16)20-23(26-13-27-24(20)29)28-17-9-7-15(8-10-17)11-19(30)31/h2-10,12-14,21-22,25,32-33H,11H2,1H3,(H,30,31)(H,26,27,28)/t14-,21-,22-,25-/m1/s1. The summed E-state index contributed by atoms with van der Waals surface area (Å²) < 4.78 is 7.60. The number of aliphatic carboxylic acids is 1. The highest BCUT2D eigenvalue weighted by Crippen LogP contribution is 2.39. The summed E-state index contributed by atoms with van der Waals surface area (Å²) in [4.78, 5) is 19.9. The maximum atomic E-state index is 11.0. The van der Waals surface area contributed by atoms with Gasteiger partial charge in [-0.05, 0) is 30.2 Å². The summed E-state index contributed by atoms with van der Waals surface area (Å²) in [5.74, 6) is -0.336. The first-order chi connectivity index (χ1) is 16.4. The van der Waals surface area contributed by atoms with Crippen molar-refractivity contribution >= 4 is 28.5 Å². The summed E-state index contributed by atoms with van der Waals surface area (Å²) in [7, 11) is 0. The number of rotatable bonds is 6. The lowest BCUT2D eigenvalue weighted by molar-refractivity contribution is -0.136. The molecule has 9 heteroatoms. The van der Waals surface area contributed by atoms with Crippen LogP contribution in [0, 0.1) is 0 Å². The molecule has 5 rings (SSSR count). The number of fused-ring (bicyclic) bond motifs is 1. The molecular weight excluding hydrogens is 436 g/mol. The van der Waals surface area contributed by atoms with Crippen LogP contribution < -0.4 is 5.32 Å². The Labute approximate surface area is 195 Å². The zero-order valence-electron chi connectivity index (χ0n) is 18.4. The van der Waals surface area contributed by atoms with Crippen LogP contribution in [-0.2, 0) is 16.0 Å². The molecule has 174 valence electrons. The van der Waals surface area contributed by atoms with Gasteiger partial charge in [0, 0.05) is 17.4 Å². The number of aliphatic hydroxyl groups is 2. The highest BCUT2D eigenvalue weighted by Gasteiger charge is 2.42. The van der Waals surface area contributed by atoms with Gasteiger partial charge in [-0.25, -0.2) is 9.97 Å². The first-order valence-corrected chi connectivity index (χ1v) is 10.9. The molecule has 4 N–H and O–H groups in total. The number of nitrogens with zero attached hydrogens (tertiary/aromatic N) is 3. The van der Waals surface area contributed by atoms with Gasteiger partial charge in [0.1, 0.15) is 30.0 Å². The van der Waals surface area contributed by atoms with Crippen LogP contribution in [0.1, 0.15) is 18.7 Å². The van der Waals surface area contributed by atoms with Crippen molar-refractivity contribution in [1.29, 1.82) is 0 Å². The van der Waals surface area contributed by atoms with E-state index in [0.717, 1.165) is 22.2 Å². The van der Waals surface area contributed by atoms with Crippen LogP contribution in [0.3, 0.4) is 0 Å². The number of anilines is 2. The van der Waals surface area contributed by atoms with Gasteiger partial charge in [0.15, 0.2) is 6.23 Å². The fraction of sp³-hybridized carbons (Fsp3) is 0.240. The molecule has 0 unspecified atom stereocenters. The minimum atomic E-state index is -1.11. The van der Waals surface area contributed by atoms with Gasteiger partial charge in [-0.15, -0.1) is 0 Å². The zero-order valence-corrected chi connectivity index (χ0v) is 18.4. The molecule has 1 aliphatic heterocycles. The lowest BCUT2D eigenvalue weighted by Crippen LogP contribution is -2.30. The van der Waals surface area contributed by atoms with E-state index in [2.05, 4.69) is 15.3 Å². The third kappa shape index (κ3) is 4.01. The molecular formula is C25H24N4O5. The molecule has 1 aliphatic rings.